The van der Waals surface area contributed by atoms with Crippen LogP contribution < -0.4 is 15.5 Å². The Labute approximate surface area is 211 Å². The second kappa shape index (κ2) is 12.2. The molecule has 0 aliphatic carbocycles. The van der Waals surface area contributed by atoms with Crippen LogP contribution in [-0.2, 0) is 6.42 Å². The van der Waals surface area contributed by atoms with Gasteiger partial charge in [0.2, 0.25) is 0 Å². The topological polar surface area (TPSA) is 69.8 Å². The Morgan fingerprint density at radius 2 is 2.03 bits per heavy atom. The van der Waals surface area contributed by atoms with Gasteiger partial charge in [0.15, 0.2) is 11.6 Å². The number of hydrogen-bond donors (Lipinski definition) is 2. The molecule has 1 saturated heterocycles. The third-order valence-corrected chi connectivity index (χ3v) is 5.83. The Hall–Kier alpha value is -2.07. The maximum atomic E-state index is 6.41. The lowest BCUT2D eigenvalue weighted by molar-refractivity contribution is 0.468. The molecular formula is C23H31ClIN7. The van der Waals surface area contributed by atoms with Gasteiger partial charge in [0.1, 0.15) is 5.82 Å². The summed E-state index contributed by atoms with van der Waals surface area (Å²) in [6.07, 6.45) is 6.02. The highest BCUT2D eigenvalue weighted by Crippen LogP contribution is 2.27. The smallest absolute Gasteiger partial charge is 0.191 e. The molecule has 1 aliphatic heterocycles. The summed E-state index contributed by atoms with van der Waals surface area (Å²) in [7, 11) is 0. The summed E-state index contributed by atoms with van der Waals surface area (Å²) in [5, 5.41) is 16.3. The van der Waals surface area contributed by atoms with Crippen LogP contribution >= 0.6 is 35.6 Å². The average molecular weight is 568 g/mol. The van der Waals surface area contributed by atoms with E-state index in [1.807, 2.05) is 47.0 Å². The van der Waals surface area contributed by atoms with Gasteiger partial charge in [0, 0.05) is 44.8 Å². The van der Waals surface area contributed by atoms with E-state index in [0.29, 0.717) is 6.04 Å². The van der Waals surface area contributed by atoms with Crippen LogP contribution in [0.5, 0.6) is 0 Å². The van der Waals surface area contributed by atoms with Crippen LogP contribution in [-0.4, -0.2) is 52.8 Å². The average Bonchev–Trinajstić information content (AvgIpc) is 3.20. The Morgan fingerprint density at radius 3 is 2.88 bits per heavy atom. The molecule has 9 heteroatoms. The lowest BCUT2D eigenvalue weighted by Crippen LogP contribution is -2.51. The van der Waals surface area contributed by atoms with Crippen LogP contribution in [0.2, 0.25) is 5.02 Å². The number of hydrogen-bond acceptors (Lipinski definition) is 4. The van der Waals surface area contributed by atoms with Crippen molar-refractivity contribution in [2.24, 2.45) is 4.99 Å². The van der Waals surface area contributed by atoms with Gasteiger partial charge >= 0.3 is 0 Å². The van der Waals surface area contributed by atoms with Gasteiger partial charge in [0.05, 0.1) is 10.7 Å². The SMILES string of the molecule is CCNC(=NCCCc1nnc2ccccn12)NC1CCCN(c2ccccc2Cl)C1.I. The number of nitrogens with zero attached hydrogens (tertiary/aromatic N) is 5. The highest BCUT2D eigenvalue weighted by molar-refractivity contribution is 14.0. The Morgan fingerprint density at radius 1 is 1.19 bits per heavy atom. The van der Waals surface area contributed by atoms with E-state index in [1.54, 1.807) is 0 Å². The number of aromatic nitrogens is 3. The number of aliphatic imine (C=N–C) groups is 1. The predicted octanol–water partition coefficient (Wildman–Crippen LogP) is 4.16. The first-order chi connectivity index (χ1) is 15.2. The molecule has 172 valence electrons. The van der Waals surface area contributed by atoms with E-state index in [1.165, 1.54) is 0 Å². The van der Waals surface area contributed by atoms with Gasteiger partial charge in [-0.25, -0.2) is 0 Å². The van der Waals surface area contributed by atoms with E-state index in [4.69, 9.17) is 16.6 Å². The van der Waals surface area contributed by atoms with E-state index < -0.39 is 0 Å². The molecule has 1 atom stereocenters. The molecular weight excluding hydrogens is 537 g/mol. The van der Waals surface area contributed by atoms with Gasteiger partial charge in [-0.1, -0.05) is 29.8 Å². The van der Waals surface area contributed by atoms with Crippen LogP contribution in [0.1, 0.15) is 32.0 Å². The number of rotatable bonds is 7. The van der Waals surface area contributed by atoms with E-state index in [0.717, 1.165) is 80.0 Å². The zero-order valence-corrected chi connectivity index (χ0v) is 21.5. The fourth-order valence-electron chi connectivity index (χ4n) is 4.02. The first-order valence-electron chi connectivity index (χ1n) is 11.1. The van der Waals surface area contributed by atoms with Crippen molar-refractivity contribution in [1.82, 2.24) is 25.2 Å². The first-order valence-corrected chi connectivity index (χ1v) is 11.5. The lowest BCUT2D eigenvalue weighted by Gasteiger charge is -2.35. The minimum absolute atomic E-state index is 0. The number of piperidine rings is 1. The standard InChI is InChI=1S/C23H30ClN7.HI/c1-2-25-23(26-14-7-13-22-29-28-21-12-5-6-16-31(21)22)27-18-9-8-15-30(17-18)20-11-4-3-10-19(20)24;/h3-6,10-12,16,18H,2,7-9,13-15,17H2,1H3,(H2,25,26,27);1H. The number of para-hydroxylation sites is 1. The molecule has 0 amide bonds. The molecule has 0 spiro atoms. The lowest BCUT2D eigenvalue weighted by atomic mass is 10.0. The van der Waals surface area contributed by atoms with Crippen molar-refractivity contribution in [2.75, 3.05) is 31.1 Å². The summed E-state index contributed by atoms with van der Waals surface area (Å²) in [4.78, 5) is 7.16. The minimum Gasteiger partial charge on any atom is -0.368 e. The van der Waals surface area contributed by atoms with Gasteiger partial charge in [-0.15, -0.1) is 34.2 Å². The van der Waals surface area contributed by atoms with E-state index >= 15 is 0 Å². The van der Waals surface area contributed by atoms with Crippen molar-refractivity contribution in [2.45, 2.75) is 38.6 Å². The molecule has 3 aromatic rings. The monoisotopic (exact) mass is 567 g/mol. The summed E-state index contributed by atoms with van der Waals surface area (Å²) in [5.41, 5.74) is 1.99. The third kappa shape index (κ3) is 6.25. The largest absolute Gasteiger partial charge is 0.368 e. The minimum atomic E-state index is 0. The Bertz CT molecular complexity index is 1020. The summed E-state index contributed by atoms with van der Waals surface area (Å²) < 4.78 is 2.04. The molecule has 0 saturated carbocycles. The fourth-order valence-corrected chi connectivity index (χ4v) is 4.28. The maximum absolute atomic E-state index is 6.41. The normalized spacial score (nSPS) is 16.6. The molecule has 3 heterocycles. The second-order valence-electron chi connectivity index (χ2n) is 7.79. The van der Waals surface area contributed by atoms with E-state index in [9.17, 15) is 0 Å². The number of nitrogens with one attached hydrogen (secondary N) is 2. The third-order valence-electron chi connectivity index (χ3n) is 5.51. The van der Waals surface area contributed by atoms with E-state index in [2.05, 4.69) is 38.7 Å². The zero-order chi connectivity index (χ0) is 21.5. The van der Waals surface area contributed by atoms with Crippen LogP contribution in [0.15, 0.2) is 53.7 Å². The number of pyridine rings is 1. The van der Waals surface area contributed by atoms with Crippen LogP contribution in [0, 0.1) is 0 Å². The van der Waals surface area contributed by atoms with Crippen molar-refractivity contribution in [3.05, 3.63) is 59.5 Å². The molecule has 1 aliphatic rings. The predicted molar refractivity (Wildman–Crippen MR) is 143 cm³/mol. The number of anilines is 1. The Kier molecular flexibility index (Phi) is 9.40. The number of benzene rings is 1. The van der Waals surface area contributed by atoms with Gasteiger partial charge < -0.3 is 15.5 Å². The first kappa shape index (κ1) is 24.6. The molecule has 7 nitrogen and oxygen atoms in total. The Balaban J connectivity index is 0.00000289. The van der Waals surface area contributed by atoms with E-state index in [-0.39, 0.29) is 24.0 Å². The van der Waals surface area contributed by atoms with Crippen molar-refractivity contribution in [3.8, 4) is 0 Å². The quantitative estimate of drug-likeness (QED) is 0.194. The highest BCUT2D eigenvalue weighted by Gasteiger charge is 2.22. The number of guanidine groups is 1. The highest BCUT2D eigenvalue weighted by atomic mass is 127. The molecule has 4 rings (SSSR count). The number of aryl methyl sites for hydroxylation is 1. The van der Waals surface area contributed by atoms with Crippen molar-refractivity contribution < 1.29 is 0 Å². The van der Waals surface area contributed by atoms with Crippen LogP contribution in [0.3, 0.4) is 0 Å². The second-order valence-corrected chi connectivity index (χ2v) is 8.20. The molecule has 1 unspecified atom stereocenters. The zero-order valence-electron chi connectivity index (χ0n) is 18.4. The number of fused-ring (bicyclic) bond motifs is 1. The summed E-state index contributed by atoms with van der Waals surface area (Å²) in [6, 6.07) is 14.4. The number of halogens is 2. The molecule has 2 aromatic heterocycles. The maximum Gasteiger partial charge on any atom is 0.191 e. The van der Waals surface area contributed by atoms with Crippen molar-refractivity contribution in [1.29, 1.82) is 0 Å². The van der Waals surface area contributed by atoms with Crippen molar-refractivity contribution >= 4 is 52.9 Å². The molecule has 0 bridgehead atoms. The van der Waals surface area contributed by atoms with Gasteiger partial charge in [-0.3, -0.25) is 9.39 Å². The summed E-state index contributed by atoms with van der Waals surface area (Å²) in [5.74, 6) is 1.85. The van der Waals surface area contributed by atoms with Crippen molar-refractivity contribution in [3.63, 3.8) is 0 Å². The van der Waals surface area contributed by atoms with Gasteiger partial charge in [-0.05, 0) is 50.5 Å². The molecule has 32 heavy (non-hydrogen) atoms. The fraction of sp³-hybridized carbons (Fsp3) is 0.435. The summed E-state index contributed by atoms with van der Waals surface area (Å²) in [6.45, 7) is 5.61. The van der Waals surface area contributed by atoms with Gasteiger partial charge in [-0.2, -0.15) is 0 Å². The molecule has 1 aromatic carbocycles. The van der Waals surface area contributed by atoms with Gasteiger partial charge in [0.25, 0.3) is 0 Å². The van der Waals surface area contributed by atoms with Crippen LogP contribution in [0.25, 0.3) is 5.65 Å². The molecule has 0 radical (unpaired) electrons. The molecule has 2 N–H and O–H groups in total. The summed E-state index contributed by atoms with van der Waals surface area (Å²) >= 11 is 6.41. The van der Waals surface area contributed by atoms with Crippen LogP contribution in [0.4, 0.5) is 5.69 Å². The molecule has 1 fully saturated rings.